The van der Waals surface area contributed by atoms with Crippen molar-refractivity contribution in [1.82, 2.24) is 0 Å². The van der Waals surface area contributed by atoms with Gasteiger partial charge in [-0.1, -0.05) is 18.2 Å². The highest BCUT2D eigenvalue weighted by Crippen LogP contribution is 2.25. The SMILES string of the molecule is O=C(Nc1ccccc1C(=O)O)c1cccc(Oc2ccc([N+](=O)[O-])cc2)c1. The molecule has 0 aliphatic carbocycles. The van der Waals surface area contributed by atoms with Crippen LogP contribution in [0.3, 0.4) is 0 Å². The lowest BCUT2D eigenvalue weighted by atomic mass is 10.1. The number of hydrogen-bond donors (Lipinski definition) is 2. The predicted octanol–water partition coefficient (Wildman–Crippen LogP) is 4.34. The Bertz CT molecular complexity index is 1050. The van der Waals surface area contributed by atoms with E-state index in [0.717, 1.165) is 0 Å². The Labute approximate surface area is 159 Å². The van der Waals surface area contributed by atoms with Gasteiger partial charge in [0, 0.05) is 17.7 Å². The number of anilines is 1. The minimum atomic E-state index is -1.15. The number of aromatic carboxylic acids is 1. The van der Waals surface area contributed by atoms with E-state index in [2.05, 4.69) is 5.32 Å². The third-order valence-electron chi connectivity index (χ3n) is 3.79. The molecule has 0 atom stereocenters. The van der Waals surface area contributed by atoms with E-state index in [1.54, 1.807) is 30.3 Å². The average Bonchev–Trinajstić information content (AvgIpc) is 2.69. The Kier molecular flexibility index (Phi) is 5.31. The maximum Gasteiger partial charge on any atom is 0.337 e. The van der Waals surface area contributed by atoms with Gasteiger partial charge < -0.3 is 15.2 Å². The number of carbonyl (C=O) groups is 2. The summed E-state index contributed by atoms with van der Waals surface area (Å²) in [6.45, 7) is 0. The lowest BCUT2D eigenvalue weighted by Gasteiger charge is -2.10. The fraction of sp³-hybridized carbons (Fsp3) is 0. The second kappa shape index (κ2) is 8.00. The normalized spacial score (nSPS) is 10.1. The van der Waals surface area contributed by atoms with Crippen LogP contribution in [0.4, 0.5) is 11.4 Å². The van der Waals surface area contributed by atoms with Gasteiger partial charge in [0.05, 0.1) is 16.2 Å². The van der Waals surface area contributed by atoms with Crippen LogP contribution in [0.1, 0.15) is 20.7 Å². The predicted molar refractivity (Wildman–Crippen MR) is 101 cm³/mol. The molecule has 0 aromatic heterocycles. The van der Waals surface area contributed by atoms with Gasteiger partial charge in [-0.05, 0) is 42.5 Å². The number of carboxylic acids is 1. The zero-order valence-corrected chi connectivity index (χ0v) is 14.4. The van der Waals surface area contributed by atoms with Crippen LogP contribution < -0.4 is 10.1 Å². The first-order chi connectivity index (χ1) is 13.4. The van der Waals surface area contributed by atoms with Crippen molar-refractivity contribution in [2.45, 2.75) is 0 Å². The molecule has 8 nitrogen and oxygen atoms in total. The Morgan fingerprint density at radius 1 is 0.929 bits per heavy atom. The number of nitrogens with zero attached hydrogens (tertiary/aromatic N) is 1. The number of nitro groups is 1. The second-order valence-electron chi connectivity index (χ2n) is 5.69. The van der Waals surface area contributed by atoms with E-state index in [1.165, 1.54) is 42.5 Å². The monoisotopic (exact) mass is 378 g/mol. The van der Waals surface area contributed by atoms with Crippen molar-refractivity contribution >= 4 is 23.3 Å². The zero-order valence-electron chi connectivity index (χ0n) is 14.4. The summed E-state index contributed by atoms with van der Waals surface area (Å²) in [7, 11) is 0. The molecular formula is C20H14N2O6. The molecule has 0 aliphatic heterocycles. The summed E-state index contributed by atoms with van der Waals surface area (Å²) >= 11 is 0. The van der Waals surface area contributed by atoms with E-state index in [1.807, 2.05) is 0 Å². The number of hydrogen-bond acceptors (Lipinski definition) is 5. The molecule has 1 amide bonds. The second-order valence-corrected chi connectivity index (χ2v) is 5.69. The quantitative estimate of drug-likeness (QED) is 0.486. The van der Waals surface area contributed by atoms with Gasteiger partial charge in [0.15, 0.2) is 0 Å². The van der Waals surface area contributed by atoms with E-state index in [0.29, 0.717) is 11.5 Å². The third kappa shape index (κ3) is 4.31. The number of carbonyl (C=O) groups excluding carboxylic acids is 1. The molecule has 28 heavy (non-hydrogen) atoms. The van der Waals surface area contributed by atoms with Crippen LogP contribution in [0.5, 0.6) is 11.5 Å². The number of non-ortho nitro benzene ring substituents is 1. The van der Waals surface area contributed by atoms with Gasteiger partial charge >= 0.3 is 5.97 Å². The number of amides is 1. The van der Waals surface area contributed by atoms with Crippen molar-refractivity contribution < 1.29 is 24.4 Å². The van der Waals surface area contributed by atoms with Gasteiger partial charge in [-0.2, -0.15) is 0 Å². The lowest BCUT2D eigenvalue weighted by molar-refractivity contribution is -0.384. The average molecular weight is 378 g/mol. The molecular weight excluding hydrogens is 364 g/mol. The number of nitrogens with one attached hydrogen (secondary N) is 1. The van der Waals surface area contributed by atoms with E-state index in [4.69, 9.17) is 4.74 Å². The lowest BCUT2D eigenvalue weighted by Crippen LogP contribution is -2.14. The minimum absolute atomic E-state index is 0.0193. The molecule has 8 heteroatoms. The Balaban J connectivity index is 1.76. The molecule has 0 saturated heterocycles. The Morgan fingerprint density at radius 2 is 1.64 bits per heavy atom. The number of ether oxygens (including phenoxy) is 1. The summed E-state index contributed by atoms with van der Waals surface area (Å²) in [4.78, 5) is 33.9. The molecule has 0 radical (unpaired) electrons. The molecule has 0 unspecified atom stereocenters. The zero-order chi connectivity index (χ0) is 20.1. The Hall–Kier alpha value is -4.20. The van der Waals surface area contributed by atoms with Crippen LogP contribution in [0.2, 0.25) is 0 Å². The molecule has 0 saturated carbocycles. The first-order valence-corrected chi connectivity index (χ1v) is 8.10. The van der Waals surface area contributed by atoms with Crippen LogP contribution in [0.25, 0.3) is 0 Å². The maximum atomic E-state index is 12.5. The number of nitro benzene ring substituents is 1. The van der Waals surface area contributed by atoms with Crippen molar-refractivity contribution in [3.8, 4) is 11.5 Å². The van der Waals surface area contributed by atoms with Gasteiger partial charge in [0.1, 0.15) is 11.5 Å². The third-order valence-corrected chi connectivity index (χ3v) is 3.79. The summed E-state index contributed by atoms with van der Waals surface area (Å²) in [6.07, 6.45) is 0. The van der Waals surface area contributed by atoms with Gasteiger partial charge in [-0.25, -0.2) is 4.79 Å². The van der Waals surface area contributed by atoms with Crippen LogP contribution in [-0.2, 0) is 0 Å². The number of para-hydroxylation sites is 1. The summed E-state index contributed by atoms with van der Waals surface area (Å²) in [5.74, 6) is -0.915. The molecule has 0 bridgehead atoms. The molecule has 2 N–H and O–H groups in total. The van der Waals surface area contributed by atoms with Crippen LogP contribution in [0, 0.1) is 10.1 Å². The fourth-order valence-electron chi connectivity index (χ4n) is 2.45. The van der Waals surface area contributed by atoms with Crippen molar-refractivity contribution in [3.05, 3.63) is 94.0 Å². The highest BCUT2D eigenvalue weighted by molar-refractivity contribution is 6.07. The van der Waals surface area contributed by atoms with E-state index >= 15 is 0 Å². The molecule has 0 aliphatic rings. The Morgan fingerprint density at radius 3 is 2.32 bits per heavy atom. The standard InChI is InChI=1S/C20H14N2O6/c23-19(21-18-7-2-1-6-17(18)20(24)25)13-4-3-5-16(12-13)28-15-10-8-14(9-11-15)22(26)27/h1-12H,(H,21,23)(H,24,25). The molecule has 0 fully saturated rings. The van der Waals surface area contributed by atoms with Crippen molar-refractivity contribution in [2.75, 3.05) is 5.32 Å². The summed E-state index contributed by atoms with van der Waals surface area (Å²) in [5.41, 5.74) is 0.369. The highest BCUT2D eigenvalue weighted by atomic mass is 16.6. The first-order valence-electron chi connectivity index (χ1n) is 8.10. The summed E-state index contributed by atoms with van der Waals surface area (Å²) < 4.78 is 5.62. The summed E-state index contributed by atoms with van der Waals surface area (Å²) in [6, 6.07) is 17.9. The first kappa shape index (κ1) is 18.6. The van der Waals surface area contributed by atoms with E-state index in [-0.39, 0.29) is 22.5 Å². The van der Waals surface area contributed by atoms with Gasteiger partial charge in [0.2, 0.25) is 0 Å². The maximum absolute atomic E-state index is 12.5. The minimum Gasteiger partial charge on any atom is -0.478 e. The number of carboxylic acid groups (broad SMARTS) is 1. The van der Waals surface area contributed by atoms with Crippen molar-refractivity contribution in [2.24, 2.45) is 0 Å². The molecule has 0 spiro atoms. The fourth-order valence-corrected chi connectivity index (χ4v) is 2.45. The van der Waals surface area contributed by atoms with E-state index < -0.39 is 16.8 Å². The molecule has 3 rings (SSSR count). The number of rotatable bonds is 6. The highest BCUT2D eigenvalue weighted by Gasteiger charge is 2.14. The van der Waals surface area contributed by atoms with Gasteiger partial charge in [0.25, 0.3) is 11.6 Å². The summed E-state index contributed by atoms with van der Waals surface area (Å²) in [5, 5.41) is 22.5. The number of benzene rings is 3. The van der Waals surface area contributed by atoms with Crippen LogP contribution in [0.15, 0.2) is 72.8 Å². The van der Waals surface area contributed by atoms with E-state index in [9.17, 15) is 24.8 Å². The van der Waals surface area contributed by atoms with Gasteiger partial charge in [-0.15, -0.1) is 0 Å². The van der Waals surface area contributed by atoms with Crippen molar-refractivity contribution in [3.63, 3.8) is 0 Å². The topological polar surface area (TPSA) is 119 Å². The molecule has 140 valence electrons. The molecule has 0 heterocycles. The van der Waals surface area contributed by atoms with Crippen molar-refractivity contribution in [1.29, 1.82) is 0 Å². The molecule has 3 aromatic rings. The van der Waals surface area contributed by atoms with Crippen LogP contribution in [-0.4, -0.2) is 21.9 Å². The smallest absolute Gasteiger partial charge is 0.337 e. The molecule has 3 aromatic carbocycles. The van der Waals surface area contributed by atoms with Gasteiger partial charge in [-0.3, -0.25) is 14.9 Å². The largest absolute Gasteiger partial charge is 0.478 e. The van der Waals surface area contributed by atoms with Crippen LogP contribution >= 0.6 is 0 Å².